The summed E-state index contributed by atoms with van der Waals surface area (Å²) in [5.74, 6) is 0.866. The lowest BCUT2D eigenvalue weighted by molar-refractivity contribution is 0.614. The van der Waals surface area contributed by atoms with E-state index in [0.29, 0.717) is 0 Å². The predicted molar refractivity (Wildman–Crippen MR) is 60.4 cm³/mol. The maximum Gasteiger partial charge on any atom is 0.0837 e. The van der Waals surface area contributed by atoms with Gasteiger partial charge in [-0.1, -0.05) is 30.3 Å². The molecular weight excluding hydrogens is 184 g/mol. The van der Waals surface area contributed by atoms with Crippen molar-refractivity contribution in [2.45, 2.75) is 18.8 Å². The van der Waals surface area contributed by atoms with Crippen LogP contribution in [0.3, 0.4) is 0 Å². The summed E-state index contributed by atoms with van der Waals surface area (Å²) in [6, 6.07) is 12.3. The molecule has 1 unspecified atom stereocenters. The van der Waals surface area contributed by atoms with Gasteiger partial charge in [0.05, 0.1) is 12.0 Å². The van der Waals surface area contributed by atoms with E-state index in [9.17, 15) is 0 Å². The van der Waals surface area contributed by atoms with Gasteiger partial charge in [-0.3, -0.25) is 0 Å². The molecule has 0 radical (unpaired) electrons. The van der Waals surface area contributed by atoms with E-state index in [4.69, 9.17) is 5.26 Å². The number of benzene rings is 1. The van der Waals surface area contributed by atoms with Crippen LogP contribution in [-0.4, -0.2) is 13.1 Å². The van der Waals surface area contributed by atoms with Gasteiger partial charge in [0.15, 0.2) is 0 Å². The van der Waals surface area contributed by atoms with Gasteiger partial charge in [0.25, 0.3) is 0 Å². The van der Waals surface area contributed by atoms with Crippen LogP contribution >= 0.6 is 0 Å². The zero-order chi connectivity index (χ0) is 10.5. The van der Waals surface area contributed by atoms with E-state index < -0.39 is 0 Å². The molecule has 2 heteroatoms. The van der Waals surface area contributed by atoms with Crippen molar-refractivity contribution in [3.05, 3.63) is 35.9 Å². The molecule has 2 nitrogen and oxygen atoms in total. The summed E-state index contributed by atoms with van der Waals surface area (Å²) in [6.07, 6.45) is 2.71. The van der Waals surface area contributed by atoms with E-state index >= 15 is 0 Å². The van der Waals surface area contributed by atoms with Gasteiger partial charge in [-0.05, 0) is 30.9 Å². The van der Waals surface area contributed by atoms with Crippen molar-refractivity contribution >= 4 is 0 Å². The van der Waals surface area contributed by atoms with Gasteiger partial charge < -0.3 is 5.32 Å². The average molecular weight is 200 g/mol. The Balaban J connectivity index is 1.84. The molecule has 1 saturated carbocycles. The Morgan fingerprint density at radius 3 is 2.67 bits per heavy atom. The highest BCUT2D eigenvalue weighted by Crippen LogP contribution is 2.27. The molecule has 0 heterocycles. The van der Waals surface area contributed by atoms with Crippen LogP contribution in [0, 0.1) is 17.2 Å². The van der Waals surface area contributed by atoms with Crippen LogP contribution in [0.4, 0.5) is 0 Å². The number of hydrogen-bond donors (Lipinski definition) is 1. The minimum absolute atomic E-state index is 0.00931. The lowest BCUT2D eigenvalue weighted by atomic mass is 10.0. The van der Waals surface area contributed by atoms with E-state index in [2.05, 4.69) is 11.4 Å². The Hall–Kier alpha value is -1.33. The van der Waals surface area contributed by atoms with Crippen molar-refractivity contribution in [3.63, 3.8) is 0 Å². The SMILES string of the molecule is N#CC(CNCC1CC1)c1ccccc1. The number of rotatable bonds is 5. The fourth-order valence-corrected chi connectivity index (χ4v) is 1.68. The number of nitrogens with zero attached hydrogens (tertiary/aromatic N) is 1. The minimum Gasteiger partial charge on any atom is -0.315 e. The molecule has 78 valence electrons. The number of nitrogens with one attached hydrogen (secondary N) is 1. The summed E-state index contributed by atoms with van der Waals surface area (Å²) in [7, 11) is 0. The molecule has 1 aromatic rings. The molecule has 0 amide bonds. The summed E-state index contributed by atoms with van der Waals surface area (Å²) in [5, 5.41) is 12.4. The Bertz CT molecular complexity index is 335. The largest absolute Gasteiger partial charge is 0.315 e. The molecule has 1 N–H and O–H groups in total. The zero-order valence-corrected chi connectivity index (χ0v) is 8.82. The topological polar surface area (TPSA) is 35.8 Å². The van der Waals surface area contributed by atoms with Crippen LogP contribution in [0.1, 0.15) is 24.3 Å². The Morgan fingerprint density at radius 1 is 1.33 bits per heavy atom. The average Bonchev–Trinajstić information content (AvgIpc) is 3.10. The summed E-state index contributed by atoms with van der Waals surface area (Å²) < 4.78 is 0. The lowest BCUT2D eigenvalue weighted by Gasteiger charge is -2.10. The van der Waals surface area contributed by atoms with Crippen molar-refractivity contribution in [2.24, 2.45) is 5.92 Å². The van der Waals surface area contributed by atoms with Crippen LogP contribution in [0.25, 0.3) is 0 Å². The normalized spacial score (nSPS) is 17.0. The van der Waals surface area contributed by atoms with Crippen LogP contribution in [0.15, 0.2) is 30.3 Å². The highest BCUT2D eigenvalue weighted by atomic mass is 14.9. The van der Waals surface area contributed by atoms with Gasteiger partial charge in [-0.2, -0.15) is 5.26 Å². The first-order valence-electron chi connectivity index (χ1n) is 5.55. The van der Waals surface area contributed by atoms with Gasteiger partial charge >= 0.3 is 0 Å². The first kappa shape index (κ1) is 10.2. The van der Waals surface area contributed by atoms with Gasteiger partial charge in [0.1, 0.15) is 0 Å². The molecule has 2 rings (SSSR count). The molecule has 1 aromatic carbocycles. The van der Waals surface area contributed by atoms with E-state index in [1.54, 1.807) is 0 Å². The highest BCUT2D eigenvalue weighted by molar-refractivity contribution is 5.24. The fraction of sp³-hybridized carbons (Fsp3) is 0.462. The third-order valence-electron chi connectivity index (χ3n) is 2.84. The summed E-state index contributed by atoms with van der Waals surface area (Å²) in [4.78, 5) is 0. The van der Waals surface area contributed by atoms with E-state index in [1.165, 1.54) is 12.8 Å². The maximum absolute atomic E-state index is 9.07. The maximum atomic E-state index is 9.07. The van der Waals surface area contributed by atoms with E-state index in [-0.39, 0.29) is 5.92 Å². The van der Waals surface area contributed by atoms with Crippen molar-refractivity contribution in [2.75, 3.05) is 13.1 Å². The Kier molecular flexibility index (Phi) is 3.37. The summed E-state index contributed by atoms with van der Waals surface area (Å²) in [5.41, 5.74) is 1.11. The van der Waals surface area contributed by atoms with Gasteiger partial charge in [-0.25, -0.2) is 0 Å². The standard InChI is InChI=1S/C13H16N2/c14-8-13(10-15-9-11-6-7-11)12-4-2-1-3-5-12/h1-5,11,13,15H,6-7,9-10H2. The molecular formula is C13H16N2. The monoisotopic (exact) mass is 200 g/mol. The fourth-order valence-electron chi connectivity index (χ4n) is 1.68. The van der Waals surface area contributed by atoms with E-state index in [1.807, 2.05) is 30.3 Å². The number of hydrogen-bond acceptors (Lipinski definition) is 2. The molecule has 15 heavy (non-hydrogen) atoms. The predicted octanol–water partition coefficient (Wildman–Crippen LogP) is 2.29. The van der Waals surface area contributed by atoms with Crippen molar-refractivity contribution in [3.8, 4) is 6.07 Å². The smallest absolute Gasteiger partial charge is 0.0837 e. The second-order valence-electron chi connectivity index (χ2n) is 4.19. The lowest BCUT2D eigenvalue weighted by Crippen LogP contribution is -2.22. The van der Waals surface area contributed by atoms with Crippen LogP contribution in [-0.2, 0) is 0 Å². The molecule has 0 saturated heterocycles. The van der Waals surface area contributed by atoms with Crippen molar-refractivity contribution in [1.29, 1.82) is 5.26 Å². The number of nitriles is 1. The van der Waals surface area contributed by atoms with Gasteiger partial charge in [-0.15, -0.1) is 0 Å². The van der Waals surface area contributed by atoms with Gasteiger partial charge in [0.2, 0.25) is 0 Å². The quantitative estimate of drug-likeness (QED) is 0.791. The molecule has 0 bridgehead atoms. The molecule has 0 aromatic heterocycles. The van der Waals surface area contributed by atoms with Crippen LogP contribution < -0.4 is 5.32 Å². The molecule has 1 aliphatic carbocycles. The summed E-state index contributed by atoms with van der Waals surface area (Å²) in [6.45, 7) is 1.85. The third-order valence-corrected chi connectivity index (χ3v) is 2.84. The highest BCUT2D eigenvalue weighted by Gasteiger charge is 2.21. The van der Waals surface area contributed by atoms with Gasteiger partial charge in [0, 0.05) is 6.54 Å². The van der Waals surface area contributed by atoms with Crippen LogP contribution in [0.5, 0.6) is 0 Å². The molecule has 1 fully saturated rings. The van der Waals surface area contributed by atoms with Crippen LogP contribution in [0.2, 0.25) is 0 Å². The summed E-state index contributed by atoms with van der Waals surface area (Å²) >= 11 is 0. The molecule has 0 aliphatic heterocycles. The molecule has 1 atom stereocenters. The first-order chi connectivity index (χ1) is 7.40. The first-order valence-corrected chi connectivity index (χ1v) is 5.55. The minimum atomic E-state index is -0.00931. The molecule has 1 aliphatic rings. The second kappa shape index (κ2) is 4.95. The van der Waals surface area contributed by atoms with Crippen molar-refractivity contribution < 1.29 is 0 Å². The van der Waals surface area contributed by atoms with Crippen molar-refractivity contribution in [1.82, 2.24) is 5.32 Å². The molecule has 0 spiro atoms. The van der Waals surface area contributed by atoms with E-state index in [0.717, 1.165) is 24.6 Å². The zero-order valence-electron chi connectivity index (χ0n) is 8.82. The Labute approximate surface area is 90.9 Å². The second-order valence-corrected chi connectivity index (χ2v) is 4.19. The third kappa shape index (κ3) is 3.07. The Morgan fingerprint density at radius 2 is 2.07 bits per heavy atom.